The highest BCUT2D eigenvalue weighted by molar-refractivity contribution is 5.38. The van der Waals surface area contributed by atoms with E-state index in [1.54, 1.807) is 0 Å². The summed E-state index contributed by atoms with van der Waals surface area (Å²) < 4.78 is 4.48. The summed E-state index contributed by atoms with van der Waals surface area (Å²) in [5.41, 5.74) is 0. The smallest absolute Gasteiger partial charge is 0.417 e. The second-order valence-electron chi connectivity index (χ2n) is 1.64. The monoisotopic (exact) mass is 125 g/mol. The van der Waals surface area contributed by atoms with Gasteiger partial charge in [0.05, 0.1) is 0 Å². The van der Waals surface area contributed by atoms with Crippen LogP contribution in [0.3, 0.4) is 0 Å². The summed E-state index contributed by atoms with van der Waals surface area (Å²) in [6, 6.07) is 0. The lowest BCUT2D eigenvalue weighted by Crippen LogP contribution is -2.08. The number of terminal acetylenes is 1. The molecule has 0 aliphatic carbocycles. The minimum atomic E-state index is -0.146. The van der Waals surface area contributed by atoms with Gasteiger partial charge < -0.3 is 4.74 Å². The molecule has 0 spiro atoms. The third-order valence-corrected chi connectivity index (χ3v) is 1.02. The average molecular weight is 125 g/mol. The van der Waals surface area contributed by atoms with Gasteiger partial charge in [0.25, 0.3) is 0 Å². The van der Waals surface area contributed by atoms with Crippen LogP contribution in [0.25, 0.3) is 0 Å². The Bertz CT molecular complexity index is 113. The van der Waals surface area contributed by atoms with Crippen LogP contribution in [0.4, 0.5) is 0 Å². The second kappa shape index (κ2) is 5.17. The summed E-state index contributed by atoms with van der Waals surface area (Å²) in [5, 5.41) is 0. The van der Waals surface area contributed by atoms with E-state index < -0.39 is 0 Å². The van der Waals surface area contributed by atoms with Gasteiger partial charge in [-0.15, -0.1) is 12.3 Å². The van der Waals surface area contributed by atoms with E-state index in [1.807, 2.05) is 6.92 Å². The van der Waals surface area contributed by atoms with Crippen molar-refractivity contribution in [2.75, 3.05) is 0 Å². The first-order valence-corrected chi connectivity index (χ1v) is 2.81. The highest BCUT2D eigenvalue weighted by Crippen LogP contribution is 1.99. The number of rotatable bonds is 4. The van der Waals surface area contributed by atoms with E-state index >= 15 is 0 Å². The molecule has 1 atom stereocenters. The van der Waals surface area contributed by atoms with Crippen molar-refractivity contribution >= 4 is 6.47 Å². The van der Waals surface area contributed by atoms with Crippen LogP contribution < -0.4 is 0 Å². The standard InChI is InChI=1S/C7H9O2/c1-3-5-7(4-2)9-6-8/h1,7H,4-5H2,2H3. The molecule has 0 N–H and O–H groups in total. The maximum atomic E-state index is 9.63. The van der Waals surface area contributed by atoms with Crippen LogP contribution in [0.15, 0.2) is 0 Å². The topological polar surface area (TPSA) is 26.3 Å². The molecule has 49 valence electrons. The van der Waals surface area contributed by atoms with Crippen molar-refractivity contribution in [3.05, 3.63) is 0 Å². The minimum absolute atomic E-state index is 0.146. The molecule has 0 bridgehead atoms. The van der Waals surface area contributed by atoms with E-state index in [4.69, 9.17) is 6.42 Å². The molecule has 0 saturated heterocycles. The predicted octanol–water partition coefficient (Wildman–Crippen LogP) is 0.872. The molecule has 1 radical (unpaired) electrons. The van der Waals surface area contributed by atoms with Gasteiger partial charge in [-0.2, -0.15) is 0 Å². The van der Waals surface area contributed by atoms with Crippen molar-refractivity contribution in [2.24, 2.45) is 0 Å². The number of carbonyl (C=O) groups excluding carboxylic acids is 1. The number of hydrogen-bond acceptors (Lipinski definition) is 2. The maximum absolute atomic E-state index is 9.63. The Morgan fingerprint density at radius 1 is 1.78 bits per heavy atom. The van der Waals surface area contributed by atoms with Crippen molar-refractivity contribution < 1.29 is 9.53 Å². The van der Waals surface area contributed by atoms with Gasteiger partial charge in [-0.3, -0.25) is 0 Å². The lowest BCUT2D eigenvalue weighted by molar-refractivity contribution is 0.177. The van der Waals surface area contributed by atoms with Gasteiger partial charge in [0, 0.05) is 6.42 Å². The first-order chi connectivity index (χ1) is 4.35. The molecule has 0 saturated carbocycles. The fourth-order valence-corrected chi connectivity index (χ4v) is 0.469. The quantitative estimate of drug-likeness (QED) is 0.521. The van der Waals surface area contributed by atoms with Crippen LogP contribution in [-0.2, 0) is 9.53 Å². The van der Waals surface area contributed by atoms with E-state index in [9.17, 15) is 4.79 Å². The van der Waals surface area contributed by atoms with Crippen molar-refractivity contribution in [3.63, 3.8) is 0 Å². The molecule has 2 nitrogen and oxygen atoms in total. The average Bonchev–Trinajstić information content (AvgIpc) is 1.88. The minimum Gasteiger partial charge on any atom is -0.453 e. The van der Waals surface area contributed by atoms with Gasteiger partial charge in [0.2, 0.25) is 0 Å². The van der Waals surface area contributed by atoms with Gasteiger partial charge in [0.15, 0.2) is 0 Å². The summed E-state index contributed by atoms with van der Waals surface area (Å²) >= 11 is 0. The maximum Gasteiger partial charge on any atom is 0.417 e. The van der Waals surface area contributed by atoms with E-state index in [0.717, 1.165) is 6.42 Å². The Morgan fingerprint density at radius 3 is 2.78 bits per heavy atom. The first kappa shape index (κ1) is 8.03. The van der Waals surface area contributed by atoms with Crippen LogP contribution in [0.1, 0.15) is 19.8 Å². The van der Waals surface area contributed by atoms with Gasteiger partial charge in [-0.1, -0.05) is 6.92 Å². The van der Waals surface area contributed by atoms with Crippen LogP contribution in [0, 0.1) is 12.3 Å². The molecule has 0 rings (SSSR count). The molecule has 0 aromatic heterocycles. The van der Waals surface area contributed by atoms with E-state index in [-0.39, 0.29) is 6.10 Å². The van der Waals surface area contributed by atoms with Crippen LogP contribution >= 0.6 is 0 Å². The van der Waals surface area contributed by atoms with Crippen molar-refractivity contribution in [1.29, 1.82) is 0 Å². The van der Waals surface area contributed by atoms with Gasteiger partial charge in [-0.05, 0) is 6.42 Å². The molecular formula is C7H9O2. The zero-order valence-electron chi connectivity index (χ0n) is 5.39. The fourth-order valence-electron chi connectivity index (χ4n) is 0.469. The fraction of sp³-hybridized carbons (Fsp3) is 0.571. The molecule has 0 heterocycles. The Morgan fingerprint density at radius 2 is 2.44 bits per heavy atom. The zero-order valence-corrected chi connectivity index (χ0v) is 5.39. The molecule has 2 heteroatoms. The molecule has 0 aliphatic rings. The van der Waals surface area contributed by atoms with Crippen molar-refractivity contribution in [1.82, 2.24) is 0 Å². The van der Waals surface area contributed by atoms with E-state index in [2.05, 4.69) is 10.7 Å². The molecule has 0 fully saturated rings. The molecule has 1 unspecified atom stereocenters. The van der Waals surface area contributed by atoms with Crippen molar-refractivity contribution in [3.8, 4) is 12.3 Å². The Labute approximate surface area is 55.2 Å². The van der Waals surface area contributed by atoms with E-state index in [1.165, 1.54) is 6.47 Å². The molecule has 0 aromatic carbocycles. The van der Waals surface area contributed by atoms with Crippen molar-refractivity contribution in [2.45, 2.75) is 25.9 Å². The number of ether oxygens (including phenoxy) is 1. The SMILES string of the molecule is C#CCC(CC)O[C]=O. The molecule has 9 heavy (non-hydrogen) atoms. The molecule has 0 aromatic rings. The zero-order chi connectivity index (χ0) is 7.11. The van der Waals surface area contributed by atoms with Crippen LogP contribution in [0.2, 0.25) is 0 Å². The summed E-state index contributed by atoms with van der Waals surface area (Å²) in [7, 11) is 0. The summed E-state index contributed by atoms with van der Waals surface area (Å²) in [6.07, 6.45) is 6.06. The summed E-state index contributed by atoms with van der Waals surface area (Å²) in [5.74, 6) is 2.40. The largest absolute Gasteiger partial charge is 0.453 e. The lowest BCUT2D eigenvalue weighted by atomic mass is 10.2. The second-order valence-corrected chi connectivity index (χ2v) is 1.64. The Hall–Kier alpha value is -0.970. The van der Waals surface area contributed by atoms with Crippen LogP contribution in [-0.4, -0.2) is 12.6 Å². The Kier molecular flexibility index (Phi) is 4.61. The summed E-state index contributed by atoms with van der Waals surface area (Å²) in [6.45, 7) is 3.26. The third kappa shape index (κ3) is 3.60. The normalized spacial score (nSPS) is 11.6. The van der Waals surface area contributed by atoms with Gasteiger partial charge in [0.1, 0.15) is 6.10 Å². The molecular weight excluding hydrogens is 116 g/mol. The van der Waals surface area contributed by atoms with E-state index in [0.29, 0.717) is 6.42 Å². The lowest BCUT2D eigenvalue weighted by Gasteiger charge is -2.06. The van der Waals surface area contributed by atoms with Crippen LogP contribution in [0.5, 0.6) is 0 Å². The predicted molar refractivity (Wildman–Crippen MR) is 34.3 cm³/mol. The Balaban J connectivity index is 3.43. The first-order valence-electron chi connectivity index (χ1n) is 2.81. The van der Waals surface area contributed by atoms with Gasteiger partial charge >= 0.3 is 6.47 Å². The van der Waals surface area contributed by atoms with Gasteiger partial charge in [-0.25, -0.2) is 4.79 Å². The molecule has 0 aliphatic heterocycles. The highest BCUT2D eigenvalue weighted by atomic mass is 16.5. The molecule has 0 amide bonds. The number of hydrogen-bond donors (Lipinski definition) is 0. The summed E-state index contributed by atoms with van der Waals surface area (Å²) in [4.78, 5) is 9.63. The third-order valence-electron chi connectivity index (χ3n) is 1.02. The highest BCUT2D eigenvalue weighted by Gasteiger charge is 2.02.